The number of nitrogens with zero attached hydrogens (tertiary/aromatic N) is 3. The lowest BCUT2D eigenvalue weighted by Crippen LogP contribution is -2.29. The summed E-state index contributed by atoms with van der Waals surface area (Å²) in [7, 11) is 0. The highest BCUT2D eigenvalue weighted by molar-refractivity contribution is 6.28. The third-order valence-electron chi connectivity index (χ3n) is 3.80. The normalized spacial score (nSPS) is 13.0. The van der Waals surface area contributed by atoms with Crippen LogP contribution in [0.25, 0.3) is 11.1 Å². The molecule has 1 saturated heterocycles. The molecule has 0 unspecified atom stereocenters. The zero-order chi connectivity index (χ0) is 23.2. The summed E-state index contributed by atoms with van der Waals surface area (Å²) in [4.78, 5) is 9.58. The number of hydrogen-bond donors (Lipinski definition) is 2. The molecule has 0 spiro atoms. The highest BCUT2D eigenvalue weighted by Gasteiger charge is 2.15. The van der Waals surface area contributed by atoms with Crippen LogP contribution >= 0.6 is 11.6 Å². The van der Waals surface area contributed by atoms with Gasteiger partial charge in [-0.2, -0.15) is 10.0 Å². The lowest BCUT2D eigenvalue weighted by atomic mass is 10.1. The van der Waals surface area contributed by atoms with Crippen LogP contribution in [0.2, 0.25) is 0 Å². The number of hydrogen-bond acceptors (Lipinski definition) is 5. The van der Waals surface area contributed by atoms with E-state index in [-0.39, 0.29) is 13.0 Å². The fourth-order valence-corrected chi connectivity index (χ4v) is 2.43. The Hall–Kier alpha value is -2.18. The minimum atomic E-state index is -0.389. The highest BCUT2D eigenvalue weighted by Crippen LogP contribution is 2.23. The first-order valence-corrected chi connectivity index (χ1v) is 10.8. The number of piperidine rings is 1. The van der Waals surface area contributed by atoms with E-state index >= 15 is 0 Å². The average molecular weight is 452 g/mol. The fraction of sp³-hybridized carbons (Fsp3) is 0.542. The number of benzene rings is 1. The number of anilines is 1. The van der Waals surface area contributed by atoms with E-state index < -0.39 is 0 Å². The molecular formula is C24H42ClN5O. The molecule has 1 aromatic heterocycles. The minimum Gasteiger partial charge on any atom is -0.399 e. The van der Waals surface area contributed by atoms with Crippen molar-refractivity contribution in [3.05, 3.63) is 53.2 Å². The van der Waals surface area contributed by atoms with Crippen LogP contribution in [0.1, 0.15) is 67.9 Å². The summed E-state index contributed by atoms with van der Waals surface area (Å²) in [6.07, 6.45) is 6.39. The second-order valence-electron chi connectivity index (χ2n) is 7.75. The lowest BCUT2D eigenvalue weighted by Gasteiger charge is -2.22. The SMILES string of the molecule is C.C=C(C)Cl.CC.CC(C)(C)N=O.Nc1ccc(-c2cnn(C3CCNCC3)c2)cc1. The number of nitroso groups, excluding NO2 is 1. The summed E-state index contributed by atoms with van der Waals surface area (Å²) in [5, 5.41) is 11.3. The van der Waals surface area contributed by atoms with E-state index in [1.807, 2.05) is 44.3 Å². The number of nitrogens with one attached hydrogen (secondary N) is 1. The molecule has 0 aliphatic carbocycles. The Morgan fingerprint density at radius 2 is 1.65 bits per heavy atom. The number of nitrogens with two attached hydrogens (primary N) is 1. The maximum Gasteiger partial charge on any atom is 0.0942 e. The molecule has 0 bridgehead atoms. The van der Waals surface area contributed by atoms with Gasteiger partial charge in [0, 0.05) is 22.5 Å². The largest absolute Gasteiger partial charge is 0.399 e. The molecule has 6 nitrogen and oxygen atoms in total. The van der Waals surface area contributed by atoms with Gasteiger partial charge in [-0.25, -0.2) is 0 Å². The highest BCUT2D eigenvalue weighted by atomic mass is 35.5. The van der Waals surface area contributed by atoms with Gasteiger partial charge in [0.05, 0.1) is 17.8 Å². The molecule has 0 saturated carbocycles. The summed E-state index contributed by atoms with van der Waals surface area (Å²) in [6, 6.07) is 8.47. The van der Waals surface area contributed by atoms with E-state index in [2.05, 4.69) is 33.0 Å². The molecule has 2 heterocycles. The molecule has 7 heteroatoms. The van der Waals surface area contributed by atoms with Crippen LogP contribution in [0.5, 0.6) is 0 Å². The second-order valence-corrected chi connectivity index (χ2v) is 8.40. The van der Waals surface area contributed by atoms with Gasteiger partial charge in [-0.05, 0) is 71.3 Å². The zero-order valence-corrected chi connectivity index (χ0v) is 20.0. The van der Waals surface area contributed by atoms with Crippen LogP contribution in [0.15, 0.2) is 53.4 Å². The number of aromatic nitrogens is 2. The molecular weight excluding hydrogens is 410 g/mol. The lowest BCUT2D eigenvalue weighted by molar-refractivity contribution is 0.343. The molecule has 3 N–H and O–H groups in total. The van der Waals surface area contributed by atoms with E-state index in [0.717, 1.165) is 37.2 Å². The third-order valence-corrected chi connectivity index (χ3v) is 3.80. The molecule has 0 amide bonds. The van der Waals surface area contributed by atoms with Crippen molar-refractivity contribution >= 4 is 17.3 Å². The third kappa shape index (κ3) is 14.5. The van der Waals surface area contributed by atoms with Crippen molar-refractivity contribution in [1.29, 1.82) is 0 Å². The van der Waals surface area contributed by atoms with Crippen molar-refractivity contribution in [3.8, 4) is 11.1 Å². The number of nitrogen functional groups attached to an aromatic ring is 1. The van der Waals surface area contributed by atoms with Gasteiger partial charge in [0.25, 0.3) is 0 Å². The van der Waals surface area contributed by atoms with Crippen LogP contribution < -0.4 is 11.1 Å². The van der Waals surface area contributed by atoms with Gasteiger partial charge < -0.3 is 11.1 Å². The van der Waals surface area contributed by atoms with E-state index in [0.29, 0.717) is 11.1 Å². The standard InChI is InChI=1S/C14H18N4.C4H9NO.C3H5Cl.C2H6.CH4/c15-13-3-1-11(2-4-13)12-9-17-18(10-12)14-5-7-16-8-6-14;1-4(2,3)5-6;1-3(2)4;1-2;/h1-4,9-10,14,16H,5-8,15H2;1-3H3;1H2,2H3;1-2H3;1H4. The van der Waals surface area contributed by atoms with E-state index in [1.54, 1.807) is 27.7 Å². The van der Waals surface area contributed by atoms with Gasteiger partial charge in [-0.15, -0.1) is 0 Å². The van der Waals surface area contributed by atoms with E-state index in [1.165, 1.54) is 5.56 Å². The monoisotopic (exact) mass is 451 g/mol. The predicted octanol–water partition coefficient (Wildman–Crippen LogP) is 7.03. The molecule has 1 aliphatic rings. The number of allylic oxidation sites excluding steroid dienone is 1. The molecule has 0 radical (unpaired) electrons. The Labute approximate surface area is 194 Å². The van der Waals surface area contributed by atoms with Gasteiger partial charge >= 0.3 is 0 Å². The van der Waals surface area contributed by atoms with Crippen molar-refractivity contribution in [2.75, 3.05) is 18.8 Å². The molecule has 1 aliphatic heterocycles. The van der Waals surface area contributed by atoms with Gasteiger partial charge in [-0.3, -0.25) is 4.68 Å². The fourth-order valence-electron chi connectivity index (χ4n) is 2.43. The molecule has 31 heavy (non-hydrogen) atoms. The first kappa shape index (κ1) is 31.0. The Kier molecular flexibility index (Phi) is 16.5. The van der Waals surface area contributed by atoms with Crippen molar-refractivity contribution < 1.29 is 0 Å². The van der Waals surface area contributed by atoms with Crippen LogP contribution in [-0.4, -0.2) is 28.4 Å². The summed E-state index contributed by atoms with van der Waals surface area (Å²) in [5.74, 6) is 0. The molecule has 2 aromatic rings. The van der Waals surface area contributed by atoms with Crippen LogP contribution in [0.4, 0.5) is 5.69 Å². The van der Waals surface area contributed by atoms with Gasteiger partial charge in [0.15, 0.2) is 0 Å². The Morgan fingerprint density at radius 3 is 2.06 bits per heavy atom. The Bertz CT molecular complexity index is 725. The quantitative estimate of drug-likeness (QED) is 0.379. The summed E-state index contributed by atoms with van der Waals surface area (Å²) in [5.41, 5.74) is 8.44. The van der Waals surface area contributed by atoms with Gasteiger partial charge in [0.2, 0.25) is 0 Å². The van der Waals surface area contributed by atoms with Crippen molar-refractivity contribution in [2.24, 2.45) is 5.18 Å². The maximum atomic E-state index is 9.58. The van der Waals surface area contributed by atoms with Crippen LogP contribution in [0, 0.1) is 4.91 Å². The second kappa shape index (κ2) is 16.5. The molecule has 1 aromatic carbocycles. The first-order chi connectivity index (χ1) is 14.1. The minimum absolute atomic E-state index is 0. The molecule has 0 atom stereocenters. The summed E-state index contributed by atoms with van der Waals surface area (Å²) in [6.45, 7) is 16.5. The van der Waals surface area contributed by atoms with E-state index in [4.69, 9.17) is 17.3 Å². The van der Waals surface area contributed by atoms with E-state index in [9.17, 15) is 4.91 Å². The molecule has 3 rings (SSSR count). The average Bonchev–Trinajstić information content (AvgIpc) is 3.20. The molecule has 1 fully saturated rings. The summed E-state index contributed by atoms with van der Waals surface area (Å²) < 4.78 is 2.10. The molecule has 176 valence electrons. The maximum absolute atomic E-state index is 9.58. The summed E-state index contributed by atoms with van der Waals surface area (Å²) >= 11 is 5.08. The van der Waals surface area contributed by atoms with Crippen molar-refractivity contribution in [3.63, 3.8) is 0 Å². The zero-order valence-electron chi connectivity index (χ0n) is 19.3. The Balaban J connectivity index is 0. The van der Waals surface area contributed by atoms with Gasteiger partial charge in [0.1, 0.15) is 0 Å². The topological polar surface area (TPSA) is 85.3 Å². The number of halogens is 1. The smallest absolute Gasteiger partial charge is 0.0942 e. The predicted molar refractivity (Wildman–Crippen MR) is 138 cm³/mol. The number of rotatable bonds is 2. The van der Waals surface area contributed by atoms with Crippen LogP contribution in [-0.2, 0) is 0 Å². The van der Waals surface area contributed by atoms with Crippen molar-refractivity contribution in [2.45, 2.75) is 73.4 Å². The Morgan fingerprint density at radius 1 is 1.19 bits per heavy atom. The van der Waals surface area contributed by atoms with Gasteiger partial charge in [-0.1, -0.05) is 56.8 Å². The van der Waals surface area contributed by atoms with Crippen LogP contribution in [0.3, 0.4) is 0 Å². The van der Waals surface area contributed by atoms with Crippen molar-refractivity contribution in [1.82, 2.24) is 15.1 Å². The first-order valence-electron chi connectivity index (χ1n) is 10.4.